The van der Waals surface area contributed by atoms with Crippen LogP contribution >= 0.6 is 23.2 Å². The zero-order valence-electron chi connectivity index (χ0n) is 9.54. The summed E-state index contributed by atoms with van der Waals surface area (Å²) in [6, 6.07) is 3.24. The fourth-order valence-corrected chi connectivity index (χ4v) is 2.09. The van der Waals surface area contributed by atoms with E-state index in [2.05, 4.69) is 4.98 Å². The van der Waals surface area contributed by atoms with Crippen molar-refractivity contribution >= 4 is 45.8 Å². The Morgan fingerprint density at radius 2 is 2.06 bits per heavy atom. The number of nitrogens with two attached hydrogens (primary N) is 1. The number of esters is 1. The molecule has 1 aromatic carbocycles. The van der Waals surface area contributed by atoms with Gasteiger partial charge in [0.15, 0.2) is 0 Å². The first kappa shape index (κ1) is 12.9. The average molecular weight is 285 g/mol. The van der Waals surface area contributed by atoms with E-state index >= 15 is 0 Å². The van der Waals surface area contributed by atoms with E-state index < -0.39 is 5.97 Å². The summed E-state index contributed by atoms with van der Waals surface area (Å²) in [5, 5.41) is 1.29. The van der Waals surface area contributed by atoms with Gasteiger partial charge in [0.25, 0.3) is 0 Å². The number of halogens is 2. The van der Waals surface area contributed by atoms with E-state index in [1.165, 1.54) is 6.20 Å². The fraction of sp³-hybridized carbons (Fsp3) is 0.167. The summed E-state index contributed by atoms with van der Waals surface area (Å²) >= 11 is 12.1. The first-order valence-electron chi connectivity index (χ1n) is 5.25. The molecular formula is C12H10Cl2N2O2. The van der Waals surface area contributed by atoms with Gasteiger partial charge in [-0.3, -0.25) is 4.98 Å². The maximum absolute atomic E-state index is 11.7. The zero-order valence-corrected chi connectivity index (χ0v) is 11.0. The Morgan fingerprint density at radius 3 is 2.72 bits per heavy atom. The van der Waals surface area contributed by atoms with Crippen LogP contribution in [0.3, 0.4) is 0 Å². The molecule has 0 aliphatic carbocycles. The van der Waals surface area contributed by atoms with Gasteiger partial charge in [0, 0.05) is 11.6 Å². The van der Waals surface area contributed by atoms with Crippen molar-refractivity contribution in [1.29, 1.82) is 0 Å². The molecule has 0 radical (unpaired) electrons. The molecule has 0 fully saturated rings. The fourth-order valence-electron chi connectivity index (χ4n) is 1.63. The molecule has 0 aliphatic heterocycles. The molecule has 0 atom stereocenters. The first-order valence-corrected chi connectivity index (χ1v) is 6.01. The van der Waals surface area contributed by atoms with Gasteiger partial charge in [0.05, 0.1) is 27.9 Å². The highest BCUT2D eigenvalue weighted by Crippen LogP contribution is 2.34. The Kier molecular flexibility index (Phi) is 3.59. The van der Waals surface area contributed by atoms with Crippen molar-refractivity contribution in [2.24, 2.45) is 0 Å². The summed E-state index contributed by atoms with van der Waals surface area (Å²) in [4.78, 5) is 15.8. The van der Waals surface area contributed by atoms with Gasteiger partial charge >= 0.3 is 5.97 Å². The predicted molar refractivity (Wildman–Crippen MR) is 72.1 cm³/mol. The van der Waals surface area contributed by atoms with Crippen molar-refractivity contribution in [3.63, 3.8) is 0 Å². The summed E-state index contributed by atoms with van der Waals surface area (Å²) in [5.41, 5.74) is 6.82. The standard InChI is InChI=1S/C12H10Cl2N2O2/c1-2-18-12(17)6-5-16-11-8(14)4-3-7(13)9(11)10(6)15/h3-5H,2H2,1H3,(H2,15,16). The number of aromatic nitrogens is 1. The number of pyridine rings is 1. The highest BCUT2D eigenvalue weighted by Gasteiger charge is 2.17. The van der Waals surface area contributed by atoms with Crippen LogP contribution in [0.4, 0.5) is 5.69 Å². The van der Waals surface area contributed by atoms with Gasteiger partial charge in [-0.25, -0.2) is 4.79 Å². The van der Waals surface area contributed by atoms with Crippen LogP contribution in [0.5, 0.6) is 0 Å². The van der Waals surface area contributed by atoms with Crippen LogP contribution in [0.2, 0.25) is 10.0 Å². The molecule has 2 rings (SSSR count). The van der Waals surface area contributed by atoms with Crippen molar-refractivity contribution in [2.75, 3.05) is 12.3 Å². The molecule has 0 aliphatic rings. The van der Waals surface area contributed by atoms with Crippen LogP contribution in [0.1, 0.15) is 17.3 Å². The smallest absolute Gasteiger partial charge is 0.341 e. The van der Waals surface area contributed by atoms with Crippen molar-refractivity contribution in [2.45, 2.75) is 6.92 Å². The van der Waals surface area contributed by atoms with Gasteiger partial charge in [-0.15, -0.1) is 0 Å². The monoisotopic (exact) mass is 284 g/mol. The van der Waals surface area contributed by atoms with E-state index in [0.29, 0.717) is 20.9 Å². The molecule has 0 spiro atoms. The number of nitrogen functional groups attached to an aromatic ring is 1. The lowest BCUT2D eigenvalue weighted by Gasteiger charge is -2.09. The average Bonchev–Trinajstić information content (AvgIpc) is 2.34. The largest absolute Gasteiger partial charge is 0.462 e. The van der Waals surface area contributed by atoms with Crippen LogP contribution in [0.25, 0.3) is 10.9 Å². The third kappa shape index (κ3) is 2.09. The highest BCUT2D eigenvalue weighted by atomic mass is 35.5. The van der Waals surface area contributed by atoms with Gasteiger partial charge < -0.3 is 10.5 Å². The molecule has 0 amide bonds. The maximum Gasteiger partial charge on any atom is 0.341 e. The molecule has 94 valence electrons. The van der Waals surface area contributed by atoms with E-state index in [0.717, 1.165) is 0 Å². The lowest BCUT2D eigenvalue weighted by atomic mass is 10.1. The summed E-state index contributed by atoms with van der Waals surface area (Å²) in [6.45, 7) is 1.98. The topological polar surface area (TPSA) is 65.2 Å². The Hall–Kier alpha value is -1.52. The second-order valence-corrected chi connectivity index (χ2v) is 4.37. The van der Waals surface area contributed by atoms with Crippen molar-refractivity contribution < 1.29 is 9.53 Å². The number of nitrogens with zero attached hydrogens (tertiary/aromatic N) is 1. The van der Waals surface area contributed by atoms with Gasteiger partial charge in [-0.1, -0.05) is 23.2 Å². The summed E-state index contributed by atoms with van der Waals surface area (Å²) < 4.78 is 4.89. The maximum atomic E-state index is 11.7. The Morgan fingerprint density at radius 1 is 1.39 bits per heavy atom. The van der Waals surface area contributed by atoms with E-state index in [1.807, 2.05) is 0 Å². The Balaban J connectivity index is 2.71. The summed E-state index contributed by atoms with van der Waals surface area (Å²) in [7, 11) is 0. The number of ether oxygens (including phenoxy) is 1. The second kappa shape index (κ2) is 5.00. The van der Waals surface area contributed by atoms with Crippen LogP contribution < -0.4 is 5.73 Å². The molecular weight excluding hydrogens is 275 g/mol. The van der Waals surface area contributed by atoms with Gasteiger partial charge in [0.1, 0.15) is 5.56 Å². The number of carbonyl (C=O) groups is 1. The zero-order chi connectivity index (χ0) is 13.3. The van der Waals surface area contributed by atoms with E-state index in [4.69, 9.17) is 33.7 Å². The van der Waals surface area contributed by atoms with Crippen molar-refractivity contribution in [3.05, 3.63) is 33.9 Å². The number of fused-ring (bicyclic) bond motifs is 1. The molecule has 0 saturated carbocycles. The molecule has 18 heavy (non-hydrogen) atoms. The summed E-state index contributed by atoms with van der Waals surface area (Å²) in [5.74, 6) is -0.527. The van der Waals surface area contributed by atoms with Gasteiger partial charge in [-0.05, 0) is 19.1 Å². The number of rotatable bonds is 2. The molecule has 4 nitrogen and oxygen atoms in total. The Bertz CT molecular complexity index is 629. The minimum absolute atomic E-state index is 0.188. The van der Waals surface area contributed by atoms with Gasteiger partial charge in [0.2, 0.25) is 0 Å². The first-order chi connectivity index (χ1) is 8.56. The van der Waals surface area contributed by atoms with E-state index in [-0.39, 0.29) is 17.9 Å². The highest BCUT2D eigenvalue weighted by molar-refractivity contribution is 6.41. The number of benzene rings is 1. The molecule has 1 aromatic heterocycles. The number of hydrogen-bond donors (Lipinski definition) is 1. The third-order valence-corrected chi connectivity index (χ3v) is 3.08. The summed E-state index contributed by atoms with van der Waals surface area (Å²) in [6.07, 6.45) is 1.35. The quantitative estimate of drug-likeness (QED) is 0.860. The van der Waals surface area contributed by atoms with Crippen molar-refractivity contribution in [3.8, 4) is 0 Å². The molecule has 2 aromatic rings. The second-order valence-electron chi connectivity index (χ2n) is 3.56. The number of hydrogen-bond acceptors (Lipinski definition) is 4. The normalized spacial score (nSPS) is 10.6. The lowest BCUT2D eigenvalue weighted by Crippen LogP contribution is -2.09. The van der Waals surface area contributed by atoms with Crippen LogP contribution in [0, 0.1) is 0 Å². The molecule has 6 heteroatoms. The van der Waals surface area contributed by atoms with Crippen LogP contribution in [-0.2, 0) is 4.74 Å². The molecule has 1 heterocycles. The van der Waals surface area contributed by atoms with Gasteiger partial charge in [-0.2, -0.15) is 0 Å². The Labute approximate surface area is 114 Å². The van der Waals surface area contributed by atoms with E-state index in [1.54, 1.807) is 19.1 Å². The molecule has 2 N–H and O–H groups in total. The number of anilines is 1. The molecule has 0 saturated heterocycles. The van der Waals surface area contributed by atoms with Crippen LogP contribution in [-0.4, -0.2) is 17.6 Å². The number of carbonyl (C=O) groups excluding carboxylic acids is 1. The lowest BCUT2D eigenvalue weighted by molar-refractivity contribution is 0.0527. The minimum atomic E-state index is -0.527. The predicted octanol–water partition coefficient (Wildman–Crippen LogP) is 3.30. The van der Waals surface area contributed by atoms with Crippen molar-refractivity contribution in [1.82, 2.24) is 4.98 Å². The minimum Gasteiger partial charge on any atom is -0.462 e. The SMILES string of the molecule is CCOC(=O)c1cnc2c(Cl)ccc(Cl)c2c1N. The third-order valence-electron chi connectivity index (χ3n) is 2.46. The van der Waals surface area contributed by atoms with Crippen LogP contribution in [0.15, 0.2) is 18.3 Å². The van der Waals surface area contributed by atoms with E-state index in [9.17, 15) is 4.79 Å². The molecule has 0 bridgehead atoms. The molecule has 0 unspecified atom stereocenters.